The molecule has 1 aromatic heterocycles. The number of benzene rings is 2. The highest BCUT2D eigenvalue weighted by molar-refractivity contribution is 6.01. The first-order valence-electron chi connectivity index (χ1n) is 10.5. The second kappa shape index (κ2) is 10.4. The number of nitrogens with one attached hydrogen (secondary N) is 4. The van der Waals surface area contributed by atoms with Gasteiger partial charge < -0.3 is 0 Å². The standard InChI is InChI=1S/C25H25N5O4/c1-14-8-10-18(16(3)12-14)22(31)27-29-24(33)20-6-5-7-21(26-20)25(34)30-28-23(32)19-11-9-15(2)13-17(19)4/h5-13H,1-4H3,(H,27,31)(H,28,32)(H,29,33)(H,30,34). The molecule has 34 heavy (non-hydrogen) atoms. The van der Waals surface area contributed by atoms with E-state index in [1.165, 1.54) is 18.2 Å². The van der Waals surface area contributed by atoms with E-state index >= 15 is 0 Å². The predicted octanol–water partition coefficient (Wildman–Crippen LogP) is 2.46. The van der Waals surface area contributed by atoms with Gasteiger partial charge in [-0.15, -0.1) is 0 Å². The Hall–Kier alpha value is -4.53. The molecule has 0 spiro atoms. The Kier molecular flexibility index (Phi) is 7.37. The third-order valence-electron chi connectivity index (χ3n) is 5.05. The molecule has 1 heterocycles. The average molecular weight is 460 g/mol. The van der Waals surface area contributed by atoms with Gasteiger partial charge in [0.15, 0.2) is 0 Å². The minimum Gasteiger partial charge on any atom is -0.267 e. The lowest BCUT2D eigenvalue weighted by Gasteiger charge is -2.11. The normalized spacial score (nSPS) is 10.2. The molecule has 0 atom stereocenters. The van der Waals surface area contributed by atoms with E-state index in [0.29, 0.717) is 11.1 Å². The van der Waals surface area contributed by atoms with Gasteiger partial charge in [0.1, 0.15) is 11.4 Å². The topological polar surface area (TPSA) is 129 Å². The number of hydrogen-bond acceptors (Lipinski definition) is 5. The molecule has 0 radical (unpaired) electrons. The van der Waals surface area contributed by atoms with Crippen LogP contribution < -0.4 is 21.7 Å². The average Bonchev–Trinajstić information content (AvgIpc) is 2.80. The van der Waals surface area contributed by atoms with Crippen LogP contribution in [0.5, 0.6) is 0 Å². The summed E-state index contributed by atoms with van der Waals surface area (Å²) in [5.41, 5.74) is 13.5. The molecule has 0 aliphatic rings. The third kappa shape index (κ3) is 5.83. The van der Waals surface area contributed by atoms with E-state index in [1.54, 1.807) is 38.1 Å². The van der Waals surface area contributed by atoms with Gasteiger partial charge in [-0.3, -0.25) is 40.9 Å². The molecule has 2 aromatic carbocycles. The Bertz CT molecular complexity index is 1190. The molecule has 3 rings (SSSR count). The summed E-state index contributed by atoms with van der Waals surface area (Å²) in [5.74, 6) is -2.36. The highest BCUT2D eigenvalue weighted by Gasteiger charge is 2.16. The quantitative estimate of drug-likeness (QED) is 0.446. The Morgan fingerprint density at radius 1 is 0.559 bits per heavy atom. The minimum atomic E-state index is -0.702. The molecule has 174 valence electrons. The van der Waals surface area contributed by atoms with E-state index in [-0.39, 0.29) is 11.4 Å². The minimum absolute atomic E-state index is 0.0886. The lowest BCUT2D eigenvalue weighted by atomic mass is 10.1. The molecule has 0 bridgehead atoms. The number of carbonyl (C=O) groups is 4. The Morgan fingerprint density at radius 2 is 0.941 bits per heavy atom. The predicted molar refractivity (Wildman–Crippen MR) is 126 cm³/mol. The Labute approximate surface area is 196 Å². The summed E-state index contributed by atoms with van der Waals surface area (Å²) in [6.45, 7) is 7.43. The molecule has 0 unspecified atom stereocenters. The van der Waals surface area contributed by atoms with Gasteiger partial charge in [0.05, 0.1) is 0 Å². The van der Waals surface area contributed by atoms with E-state index in [4.69, 9.17) is 0 Å². The summed E-state index contributed by atoms with van der Waals surface area (Å²) in [4.78, 5) is 53.5. The SMILES string of the molecule is Cc1ccc(C(=O)NNC(=O)c2cccc(C(=O)NNC(=O)c3ccc(C)cc3C)n2)c(C)c1. The maximum absolute atomic E-state index is 12.4. The van der Waals surface area contributed by atoms with Crippen LogP contribution in [0.15, 0.2) is 54.6 Å². The monoisotopic (exact) mass is 459 g/mol. The van der Waals surface area contributed by atoms with Crippen molar-refractivity contribution in [1.29, 1.82) is 0 Å². The highest BCUT2D eigenvalue weighted by atomic mass is 16.2. The van der Waals surface area contributed by atoms with Crippen molar-refractivity contribution in [1.82, 2.24) is 26.7 Å². The Balaban J connectivity index is 1.59. The van der Waals surface area contributed by atoms with Crippen LogP contribution in [0.1, 0.15) is 63.9 Å². The zero-order chi connectivity index (χ0) is 24.8. The summed E-state index contributed by atoms with van der Waals surface area (Å²) in [7, 11) is 0. The lowest BCUT2D eigenvalue weighted by Crippen LogP contribution is -2.43. The number of aromatic nitrogens is 1. The fourth-order valence-corrected chi connectivity index (χ4v) is 3.31. The van der Waals surface area contributed by atoms with Crippen LogP contribution in [0.4, 0.5) is 0 Å². The number of hydrogen-bond donors (Lipinski definition) is 4. The largest absolute Gasteiger partial charge is 0.288 e. The molecule has 0 saturated carbocycles. The van der Waals surface area contributed by atoms with Gasteiger partial charge in [0.2, 0.25) is 0 Å². The van der Waals surface area contributed by atoms with Crippen molar-refractivity contribution in [3.05, 3.63) is 99.4 Å². The second-order valence-electron chi connectivity index (χ2n) is 7.86. The van der Waals surface area contributed by atoms with Crippen molar-refractivity contribution in [2.24, 2.45) is 0 Å². The van der Waals surface area contributed by atoms with Crippen LogP contribution in [0.3, 0.4) is 0 Å². The molecule has 0 aliphatic carbocycles. The van der Waals surface area contributed by atoms with Crippen LogP contribution in [0, 0.1) is 27.7 Å². The number of aryl methyl sites for hydroxylation is 4. The van der Waals surface area contributed by atoms with Crippen LogP contribution in [-0.4, -0.2) is 28.6 Å². The molecule has 4 amide bonds. The first-order chi connectivity index (χ1) is 16.2. The van der Waals surface area contributed by atoms with Gasteiger partial charge >= 0.3 is 0 Å². The van der Waals surface area contributed by atoms with Crippen LogP contribution in [-0.2, 0) is 0 Å². The van der Waals surface area contributed by atoms with Crippen molar-refractivity contribution in [3.63, 3.8) is 0 Å². The van der Waals surface area contributed by atoms with Gasteiger partial charge in [0.25, 0.3) is 23.6 Å². The summed E-state index contributed by atoms with van der Waals surface area (Å²) in [6, 6.07) is 14.9. The molecule has 9 heteroatoms. The number of pyridine rings is 1. The van der Waals surface area contributed by atoms with Gasteiger partial charge in [0, 0.05) is 11.1 Å². The third-order valence-corrected chi connectivity index (χ3v) is 5.05. The first-order valence-corrected chi connectivity index (χ1v) is 10.5. The summed E-state index contributed by atoms with van der Waals surface area (Å²) >= 11 is 0. The van der Waals surface area contributed by atoms with E-state index in [0.717, 1.165) is 22.3 Å². The van der Waals surface area contributed by atoms with E-state index < -0.39 is 23.6 Å². The van der Waals surface area contributed by atoms with Crippen LogP contribution in [0.25, 0.3) is 0 Å². The number of hydrazine groups is 2. The molecule has 0 fully saturated rings. The van der Waals surface area contributed by atoms with Crippen molar-refractivity contribution >= 4 is 23.6 Å². The summed E-state index contributed by atoms with van der Waals surface area (Å²) in [5, 5.41) is 0. The maximum Gasteiger partial charge on any atom is 0.288 e. The van der Waals surface area contributed by atoms with Gasteiger partial charge in [-0.1, -0.05) is 41.5 Å². The van der Waals surface area contributed by atoms with Crippen molar-refractivity contribution in [2.75, 3.05) is 0 Å². The maximum atomic E-state index is 12.4. The highest BCUT2D eigenvalue weighted by Crippen LogP contribution is 2.11. The molecule has 4 N–H and O–H groups in total. The molecular formula is C25H25N5O4. The molecule has 9 nitrogen and oxygen atoms in total. The first kappa shape index (κ1) is 24.1. The van der Waals surface area contributed by atoms with Crippen molar-refractivity contribution < 1.29 is 19.2 Å². The van der Waals surface area contributed by atoms with E-state index in [1.807, 2.05) is 26.0 Å². The van der Waals surface area contributed by atoms with Gasteiger partial charge in [-0.2, -0.15) is 0 Å². The fraction of sp³-hybridized carbons (Fsp3) is 0.160. The zero-order valence-corrected chi connectivity index (χ0v) is 19.3. The van der Waals surface area contributed by atoms with E-state index in [9.17, 15) is 19.2 Å². The molecular weight excluding hydrogens is 434 g/mol. The summed E-state index contributed by atoms with van der Waals surface area (Å²) < 4.78 is 0. The number of nitrogens with zero attached hydrogens (tertiary/aromatic N) is 1. The number of rotatable bonds is 4. The second-order valence-corrected chi connectivity index (χ2v) is 7.86. The summed E-state index contributed by atoms with van der Waals surface area (Å²) in [6.07, 6.45) is 0. The number of carbonyl (C=O) groups excluding carboxylic acids is 4. The smallest absolute Gasteiger partial charge is 0.267 e. The zero-order valence-electron chi connectivity index (χ0n) is 19.3. The Morgan fingerprint density at radius 3 is 1.32 bits per heavy atom. The van der Waals surface area contributed by atoms with Crippen LogP contribution >= 0.6 is 0 Å². The molecule has 0 aliphatic heterocycles. The van der Waals surface area contributed by atoms with E-state index in [2.05, 4.69) is 26.7 Å². The van der Waals surface area contributed by atoms with Crippen molar-refractivity contribution in [3.8, 4) is 0 Å². The van der Waals surface area contributed by atoms with Crippen molar-refractivity contribution in [2.45, 2.75) is 27.7 Å². The molecule has 3 aromatic rings. The van der Waals surface area contributed by atoms with Crippen LogP contribution in [0.2, 0.25) is 0 Å². The fourth-order valence-electron chi connectivity index (χ4n) is 3.31. The lowest BCUT2D eigenvalue weighted by molar-refractivity contribution is 0.0836. The van der Waals surface area contributed by atoms with Gasteiger partial charge in [-0.25, -0.2) is 4.98 Å². The number of amides is 4. The molecule has 0 saturated heterocycles. The van der Waals surface area contributed by atoms with Gasteiger partial charge in [-0.05, 0) is 63.1 Å².